The molecule has 0 saturated heterocycles. The fourth-order valence-electron chi connectivity index (χ4n) is 5.22. The van der Waals surface area contributed by atoms with E-state index in [-0.39, 0.29) is 37.3 Å². The Hall–Kier alpha value is -3.65. The molecule has 3 aromatic rings. The number of carbonyl (C=O) groups is 2. The highest BCUT2D eigenvalue weighted by Gasteiger charge is 2.24. The van der Waals surface area contributed by atoms with Crippen LogP contribution < -0.4 is 16.0 Å². The number of thiophene rings is 1. The summed E-state index contributed by atoms with van der Waals surface area (Å²) >= 11 is 1.41. The third-order valence-corrected chi connectivity index (χ3v) is 8.58. The second-order valence-electron chi connectivity index (χ2n) is 10.6. The number of hydrogen-bond donors (Lipinski definition) is 4. The van der Waals surface area contributed by atoms with E-state index in [0.29, 0.717) is 17.1 Å². The molecule has 1 aliphatic carbocycles. The number of anilines is 1. The molecule has 222 valence electrons. The van der Waals surface area contributed by atoms with Crippen molar-refractivity contribution in [1.82, 2.24) is 10.6 Å². The van der Waals surface area contributed by atoms with Gasteiger partial charge in [-0.25, -0.2) is 8.78 Å². The van der Waals surface area contributed by atoms with Crippen molar-refractivity contribution in [3.63, 3.8) is 0 Å². The Morgan fingerprint density at radius 3 is 2.48 bits per heavy atom. The minimum atomic E-state index is -1.07. The summed E-state index contributed by atoms with van der Waals surface area (Å²) in [5.41, 5.74) is 4.10. The molecular formula is C32H36F2N4O3S. The van der Waals surface area contributed by atoms with Gasteiger partial charge in [-0.15, -0.1) is 11.3 Å². The van der Waals surface area contributed by atoms with Crippen LogP contribution in [0.4, 0.5) is 14.5 Å². The van der Waals surface area contributed by atoms with Gasteiger partial charge in [0.1, 0.15) is 22.6 Å². The van der Waals surface area contributed by atoms with Gasteiger partial charge in [0.2, 0.25) is 11.8 Å². The number of aliphatic hydroxyl groups excluding tert-OH is 1. The topological polar surface area (TPSA) is 114 Å². The second kappa shape index (κ2) is 15.0. The number of halogens is 2. The Morgan fingerprint density at radius 1 is 1.02 bits per heavy atom. The Kier molecular flexibility index (Phi) is 11.2. The van der Waals surface area contributed by atoms with Crippen molar-refractivity contribution in [2.75, 3.05) is 11.9 Å². The molecule has 0 unspecified atom stereocenters. The van der Waals surface area contributed by atoms with Gasteiger partial charge in [0.05, 0.1) is 17.8 Å². The van der Waals surface area contributed by atoms with E-state index in [0.717, 1.165) is 54.2 Å². The van der Waals surface area contributed by atoms with Gasteiger partial charge in [-0.3, -0.25) is 9.59 Å². The van der Waals surface area contributed by atoms with Crippen LogP contribution in [0, 0.1) is 23.0 Å². The molecule has 2 aromatic carbocycles. The summed E-state index contributed by atoms with van der Waals surface area (Å²) in [7, 11) is 0. The highest BCUT2D eigenvalue weighted by atomic mass is 32.1. The molecule has 0 spiro atoms. The van der Waals surface area contributed by atoms with Gasteiger partial charge in [0.15, 0.2) is 0 Å². The molecule has 0 aliphatic heterocycles. The monoisotopic (exact) mass is 594 g/mol. The van der Waals surface area contributed by atoms with Gasteiger partial charge in [0.25, 0.3) is 0 Å². The van der Waals surface area contributed by atoms with Crippen LogP contribution in [-0.2, 0) is 41.8 Å². The zero-order chi connectivity index (χ0) is 30.1. The molecule has 0 saturated carbocycles. The number of aliphatic hydroxyl groups is 1. The van der Waals surface area contributed by atoms with Crippen molar-refractivity contribution < 1.29 is 23.5 Å². The van der Waals surface area contributed by atoms with Crippen LogP contribution >= 0.6 is 11.3 Å². The van der Waals surface area contributed by atoms with Crippen LogP contribution in [0.5, 0.6) is 0 Å². The van der Waals surface area contributed by atoms with E-state index in [4.69, 9.17) is 0 Å². The number of fused-ring (bicyclic) bond motifs is 1. The minimum absolute atomic E-state index is 0.00659. The van der Waals surface area contributed by atoms with Gasteiger partial charge in [-0.05, 0) is 72.9 Å². The first-order valence-corrected chi connectivity index (χ1v) is 15.1. The van der Waals surface area contributed by atoms with Crippen LogP contribution in [0.2, 0.25) is 0 Å². The summed E-state index contributed by atoms with van der Waals surface area (Å²) in [6, 6.07) is 12.5. The first-order chi connectivity index (χ1) is 20.2. The zero-order valence-corrected chi connectivity index (χ0v) is 24.5. The third kappa shape index (κ3) is 8.68. The molecule has 1 aliphatic rings. The average molecular weight is 595 g/mol. The Balaban J connectivity index is 1.36. The lowest BCUT2D eigenvalue weighted by atomic mass is 9.97. The van der Waals surface area contributed by atoms with Gasteiger partial charge in [0, 0.05) is 36.9 Å². The van der Waals surface area contributed by atoms with Crippen molar-refractivity contribution in [3.05, 3.63) is 86.1 Å². The maximum Gasteiger partial charge on any atom is 0.224 e. The summed E-state index contributed by atoms with van der Waals surface area (Å²) < 4.78 is 27.7. The van der Waals surface area contributed by atoms with E-state index in [1.807, 2.05) is 18.2 Å². The molecule has 4 N–H and O–H groups in total. The summed E-state index contributed by atoms with van der Waals surface area (Å²) in [4.78, 5) is 27.2. The Morgan fingerprint density at radius 2 is 1.74 bits per heavy atom. The maximum atomic E-state index is 13.9. The number of hydrogen-bond acceptors (Lipinski definition) is 6. The number of benzene rings is 2. The van der Waals surface area contributed by atoms with Gasteiger partial charge in [-0.1, -0.05) is 31.2 Å². The molecule has 2 amide bonds. The quantitative estimate of drug-likeness (QED) is 0.224. The average Bonchev–Trinajstić information content (AvgIpc) is 3.32. The van der Waals surface area contributed by atoms with Crippen molar-refractivity contribution in [1.29, 1.82) is 5.26 Å². The molecule has 0 fully saturated rings. The van der Waals surface area contributed by atoms with Gasteiger partial charge < -0.3 is 21.1 Å². The van der Waals surface area contributed by atoms with E-state index in [1.165, 1.54) is 29.0 Å². The van der Waals surface area contributed by atoms with E-state index in [2.05, 4.69) is 35.0 Å². The summed E-state index contributed by atoms with van der Waals surface area (Å²) in [6.07, 6.45) is 3.31. The predicted octanol–water partition coefficient (Wildman–Crippen LogP) is 4.94. The normalized spacial score (nSPS) is 14.0. The molecule has 4 rings (SSSR count). The number of carbonyl (C=O) groups excluding carboxylic acids is 2. The molecule has 0 bridgehead atoms. The van der Waals surface area contributed by atoms with Crippen LogP contribution in [0.3, 0.4) is 0 Å². The predicted molar refractivity (Wildman–Crippen MR) is 159 cm³/mol. The van der Waals surface area contributed by atoms with E-state index in [9.17, 15) is 28.7 Å². The number of amides is 2. The van der Waals surface area contributed by atoms with E-state index >= 15 is 0 Å². The standard InChI is InChI=1S/C32H36F2N4O3S/c1-2-20-6-5-7-21(12-20)18-36-19-27(39)26(15-22-13-23(33)16-24(34)14-22)37-30(40)10-11-31(41)38-32-25-8-3-4-9-28(25)42-29(32)17-35/h5-7,12-14,16,26-27,36,39H,2-4,8-11,15,18-19H2,1H3,(H,37,40)(H,38,41)/t26-,27-/m0/s1. The molecule has 42 heavy (non-hydrogen) atoms. The smallest absolute Gasteiger partial charge is 0.224 e. The SMILES string of the molecule is CCc1cccc(CNC[C@H](O)[C@H](Cc2cc(F)cc(F)c2)NC(=O)CCC(=O)Nc2c(C#N)sc3c2CCCC3)c1. The lowest BCUT2D eigenvalue weighted by molar-refractivity contribution is -0.125. The lowest BCUT2D eigenvalue weighted by Crippen LogP contribution is -2.48. The highest BCUT2D eigenvalue weighted by Crippen LogP contribution is 2.38. The first-order valence-electron chi connectivity index (χ1n) is 14.3. The zero-order valence-electron chi connectivity index (χ0n) is 23.6. The fourth-order valence-corrected chi connectivity index (χ4v) is 6.36. The summed E-state index contributed by atoms with van der Waals surface area (Å²) in [5, 5.41) is 29.3. The molecule has 10 heteroatoms. The number of nitrogens with zero attached hydrogens (tertiary/aromatic N) is 1. The van der Waals surface area contributed by atoms with Gasteiger partial charge in [-0.2, -0.15) is 5.26 Å². The van der Waals surface area contributed by atoms with Crippen LogP contribution in [-0.4, -0.2) is 35.6 Å². The third-order valence-electron chi connectivity index (χ3n) is 7.39. The largest absolute Gasteiger partial charge is 0.390 e. The van der Waals surface area contributed by atoms with E-state index in [1.54, 1.807) is 0 Å². The molecule has 7 nitrogen and oxygen atoms in total. The van der Waals surface area contributed by atoms with Crippen LogP contribution in [0.1, 0.15) is 64.6 Å². The molecule has 1 aromatic heterocycles. The van der Waals surface area contributed by atoms with Crippen molar-refractivity contribution in [3.8, 4) is 6.07 Å². The van der Waals surface area contributed by atoms with Crippen molar-refractivity contribution >= 4 is 28.8 Å². The van der Waals surface area contributed by atoms with Gasteiger partial charge >= 0.3 is 0 Å². The van der Waals surface area contributed by atoms with Crippen molar-refractivity contribution in [2.45, 2.75) is 77.0 Å². The first kappa shape index (κ1) is 31.3. The highest BCUT2D eigenvalue weighted by molar-refractivity contribution is 7.13. The summed E-state index contributed by atoms with van der Waals surface area (Å²) in [6.45, 7) is 2.69. The number of nitrogens with one attached hydrogen (secondary N) is 3. The van der Waals surface area contributed by atoms with Crippen LogP contribution in [0.25, 0.3) is 0 Å². The van der Waals surface area contributed by atoms with E-state index < -0.39 is 29.7 Å². The molecule has 2 atom stereocenters. The maximum absolute atomic E-state index is 13.9. The Labute approximate surface area is 249 Å². The molecule has 0 radical (unpaired) electrons. The van der Waals surface area contributed by atoms with Crippen molar-refractivity contribution in [2.24, 2.45) is 0 Å². The number of rotatable bonds is 13. The molecular weight excluding hydrogens is 558 g/mol. The number of nitriles is 1. The Bertz CT molecular complexity index is 1430. The lowest BCUT2D eigenvalue weighted by Gasteiger charge is -2.25. The van der Waals surface area contributed by atoms with Crippen LogP contribution in [0.15, 0.2) is 42.5 Å². The number of aryl methyl sites for hydroxylation is 2. The second-order valence-corrected chi connectivity index (χ2v) is 11.7. The fraction of sp³-hybridized carbons (Fsp3) is 0.406. The molecule has 1 heterocycles. The summed E-state index contributed by atoms with van der Waals surface area (Å²) in [5.74, 6) is -2.35. The minimum Gasteiger partial charge on any atom is -0.390 e.